The predicted octanol–water partition coefficient (Wildman–Crippen LogP) is 4.94. The summed E-state index contributed by atoms with van der Waals surface area (Å²) in [6.07, 6.45) is 2.98. The van der Waals surface area contributed by atoms with E-state index in [-0.39, 0.29) is 16.9 Å². The molecular weight excluding hydrogens is 472 g/mol. The van der Waals surface area contributed by atoms with Crippen LogP contribution in [-0.4, -0.2) is 37.8 Å². The van der Waals surface area contributed by atoms with E-state index in [4.69, 9.17) is 27.2 Å². The van der Waals surface area contributed by atoms with Crippen molar-refractivity contribution >= 4 is 23.4 Å². The van der Waals surface area contributed by atoms with Crippen molar-refractivity contribution in [3.05, 3.63) is 121 Å². The Balaban J connectivity index is 0.000000309. The number of Topliss-reactive ketones (excluding diaryl/α,β-unsaturated/α-hetero) is 1. The van der Waals surface area contributed by atoms with E-state index in [1.807, 2.05) is 12.1 Å². The fourth-order valence-electron chi connectivity index (χ4n) is 2.78. The molecule has 0 radical (unpaired) electrons. The highest BCUT2D eigenvalue weighted by Gasteiger charge is 2.20. The van der Waals surface area contributed by atoms with E-state index in [1.54, 1.807) is 18.2 Å². The summed E-state index contributed by atoms with van der Waals surface area (Å²) >= 11 is 0. The van der Waals surface area contributed by atoms with Gasteiger partial charge in [0.2, 0.25) is 17.3 Å². The Kier molecular flexibility index (Phi) is 10.8. The summed E-state index contributed by atoms with van der Waals surface area (Å²) in [6.45, 7) is 0. The summed E-state index contributed by atoms with van der Waals surface area (Å²) < 4.78 is 0. The molecule has 0 bridgehead atoms. The quantitative estimate of drug-likeness (QED) is 0.0964. The van der Waals surface area contributed by atoms with Gasteiger partial charge in [0, 0.05) is 11.1 Å². The number of hydrogen-bond donors (Lipinski definition) is 4. The van der Waals surface area contributed by atoms with Crippen molar-refractivity contribution in [1.29, 1.82) is 0 Å². The van der Waals surface area contributed by atoms with E-state index < -0.39 is 34.6 Å². The van der Waals surface area contributed by atoms with Crippen molar-refractivity contribution in [1.82, 2.24) is 0 Å². The van der Waals surface area contributed by atoms with Crippen molar-refractivity contribution in [3.63, 3.8) is 0 Å². The standard InChI is InChI=1S/C13H10O5.C10H6O2.2N3/c14-8-3-1-2-7(6-8)11(16)9-4-5-10(15)13(18)12(9)17;11-9-6-5-7-3-1-2-4-8(7)10(9)12;2*1-3-2/h1-6,14-15,17-18H;1-6H;;/q;;2*-1. The summed E-state index contributed by atoms with van der Waals surface area (Å²) in [4.78, 5) is 37.2. The number of ketones is 3. The fraction of sp³-hybridized carbons (Fsp3) is 0. The molecule has 4 N–H and O–H groups in total. The Morgan fingerprint density at radius 1 is 0.722 bits per heavy atom. The number of carbonyl (C=O) groups is 3. The minimum absolute atomic E-state index is 0.0802. The van der Waals surface area contributed by atoms with Crippen LogP contribution in [0.25, 0.3) is 38.0 Å². The number of phenols is 4. The largest absolute Gasteiger partial charge is 0.508 e. The van der Waals surface area contributed by atoms with Crippen LogP contribution in [0.4, 0.5) is 0 Å². The molecule has 0 atom stereocenters. The second kappa shape index (κ2) is 13.7. The molecule has 0 unspecified atom stereocenters. The summed E-state index contributed by atoms with van der Waals surface area (Å²) in [5.41, 5.74) is 28.3. The molecule has 36 heavy (non-hydrogen) atoms. The molecule has 0 heterocycles. The minimum Gasteiger partial charge on any atom is -0.508 e. The fourth-order valence-corrected chi connectivity index (χ4v) is 2.78. The van der Waals surface area contributed by atoms with Gasteiger partial charge in [-0.1, -0.05) is 42.5 Å². The molecule has 3 aromatic carbocycles. The van der Waals surface area contributed by atoms with Crippen LogP contribution in [0.3, 0.4) is 0 Å². The van der Waals surface area contributed by atoms with E-state index in [0.29, 0.717) is 5.56 Å². The molecule has 13 heteroatoms. The van der Waals surface area contributed by atoms with E-state index in [2.05, 4.69) is 0 Å². The topological polar surface area (TPSA) is 250 Å². The lowest BCUT2D eigenvalue weighted by Crippen LogP contribution is -2.15. The number of carbonyl (C=O) groups excluding carboxylic acids is 3. The van der Waals surface area contributed by atoms with Gasteiger partial charge in [-0.15, -0.1) is 0 Å². The molecule has 0 aromatic heterocycles. The third kappa shape index (κ3) is 7.39. The van der Waals surface area contributed by atoms with Crippen LogP contribution in [-0.2, 0) is 4.79 Å². The maximum Gasteiger partial charge on any atom is 0.233 e. The molecule has 1 aliphatic rings. The van der Waals surface area contributed by atoms with Crippen molar-refractivity contribution in [2.45, 2.75) is 0 Å². The smallest absolute Gasteiger partial charge is 0.233 e. The SMILES string of the molecule is O=C(c1cccc(O)c1)c1ccc(O)c(O)c1O.O=C1C=Cc2ccccc2C1=O.[N-]=[N+]=[N-].[N-]=[N+]=[N-]. The van der Waals surface area contributed by atoms with E-state index in [1.165, 1.54) is 46.2 Å². The second-order valence-corrected chi connectivity index (χ2v) is 6.50. The molecule has 0 fully saturated rings. The highest BCUT2D eigenvalue weighted by Crippen LogP contribution is 2.38. The molecular formula is C23H16N6O7-2. The number of rotatable bonds is 2. The molecule has 0 spiro atoms. The lowest BCUT2D eigenvalue weighted by Gasteiger charge is -2.07. The number of fused-ring (bicyclic) bond motifs is 1. The van der Waals surface area contributed by atoms with Crippen LogP contribution < -0.4 is 0 Å². The lowest BCUT2D eigenvalue weighted by molar-refractivity contribution is -0.110. The monoisotopic (exact) mass is 488 g/mol. The third-order valence-electron chi connectivity index (χ3n) is 4.33. The van der Waals surface area contributed by atoms with Gasteiger partial charge in [0.25, 0.3) is 0 Å². The maximum absolute atomic E-state index is 12.0. The van der Waals surface area contributed by atoms with Gasteiger partial charge < -0.3 is 42.6 Å². The van der Waals surface area contributed by atoms with Crippen LogP contribution in [0.5, 0.6) is 23.0 Å². The van der Waals surface area contributed by atoms with Crippen molar-refractivity contribution in [3.8, 4) is 23.0 Å². The van der Waals surface area contributed by atoms with Gasteiger partial charge in [-0.3, -0.25) is 24.2 Å². The van der Waals surface area contributed by atoms with Crippen molar-refractivity contribution in [2.24, 2.45) is 0 Å². The van der Waals surface area contributed by atoms with Crippen LogP contribution in [0.1, 0.15) is 31.8 Å². The molecule has 0 aliphatic heterocycles. The molecule has 182 valence electrons. The zero-order valence-electron chi connectivity index (χ0n) is 18.1. The highest BCUT2D eigenvalue weighted by molar-refractivity contribution is 6.49. The number of phenolic OH excluding ortho intramolecular Hbond substituents is 4. The average Bonchev–Trinajstić information content (AvgIpc) is 2.86. The van der Waals surface area contributed by atoms with E-state index >= 15 is 0 Å². The van der Waals surface area contributed by atoms with Crippen LogP contribution in [0.2, 0.25) is 0 Å². The predicted molar refractivity (Wildman–Crippen MR) is 128 cm³/mol. The summed E-state index contributed by atoms with van der Waals surface area (Å²) in [6, 6.07) is 15.0. The van der Waals surface area contributed by atoms with Crippen molar-refractivity contribution < 1.29 is 34.8 Å². The van der Waals surface area contributed by atoms with Crippen LogP contribution >= 0.6 is 0 Å². The Labute approximate surface area is 202 Å². The number of allylic oxidation sites excluding steroid dienone is 1. The lowest BCUT2D eigenvalue weighted by atomic mass is 9.96. The van der Waals surface area contributed by atoms with Crippen molar-refractivity contribution in [2.75, 3.05) is 0 Å². The molecule has 0 saturated heterocycles. The summed E-state index contributed by atoms with van der Waals surface area (Å²) in [7, 11) is 0. The number of benzene rings is 3. The summed E-state index contributed by atoms with van der Waals surface area (Å²) in [5, 5.41) is 37.4. The molecule has 1 aliphatic carbocycles. The Morgan fingerprint density at radius 3 is 1.94 bits per heavy atom. The van der Waals surface area contributed by atoms with E-state index in [9.17, 15) is 29.7 Å². The number of hydrogen-bond acceptors (Lipinski definition) is 7. The first-order valence-electron chi connectivity index (χ1n) is 9.53. The average molecular weight is 488 g/mol. The third-order valence-corrected chi connectivity index (χ3v) is 4.33. The van der Waals surface area contributed by atoms with Gasteiger partial charge in [-0.05, 0) is 35.9 Å². The molecule has 0 amide bonds. The van der Waals surface area contributed by atoms with Crippen LogP contribution in [0.15, 0.2) is 66.7 Å². The van der Waals surface area contributed by atoms with Gasteiger partial charge >= 0.3 is 0 Å². The zero-order chi connectivity index (χ0) is 27.3. The molecule has 0 saturated carbocycles. The zero-order valence-corrected chi connectivity index (χ0v) is 18.1. The van der Waals surface area contributed by atoms with Gasteiger partial charge in [0.1, 0.15) is 5.75 Å². The highest BCUT2D eigenvalue weighted by atomic mass is 16.3. The molecule has 4 rings (SSSR count). The molecule has 3 aromatic rings. The van der Waals surface area contributed by atoms with Gasteiger partial charge in [-0.25, -0.2) is 0 Å². The van der Waals surface area contributed by atoms with Crippen LogP contribution in [0, 0.1) is 0 Å². The normalized spacial score (nSPS) is 10.4. The summed E-state index contributed by atoms with van der Waals surface area (Å²) in [5.74, 6) is -3.45. The molecule has 13 nitrogen and oxygen atoms in total. The number of aromatic hydroxyl groups is 4. The maximum atomic E-state index is 12.0. The first kappa shape index (κ1) is 28.3. The Hall–Kier alpha value is -5.77. The van der Waals surface area contributed by atoms with E-state index in [0.717, 1.165) is 11.6 Å². The number of nitrogens with zero attached hydrogens (tertiary/aromatic N) is 6. The minimum atomic E-state index is -0.749. The second-order valence-electron chi connectivity index (χ2n) is 6.50. The first-order valence-corrected chi connectivity index (χ1v) is 9.53. The Morgan fingerprint density at radius 2 is 1.33 bits per heavy atom. The van der Waals surface area contributed by atoms with Gasteiger partial charge in [-0.2, -0.15) is 0 Å². The van der Waals surface area contributed by atoms with Gasteiger partial charge in [0.15, 0.2) is 17.3 Å². The first-order chi connectivity index (χ1) is 17.1. The van der Waals surface area contributed by atoms with Gasteiger partial charge in [0.05, 0.1) is 5.56 Å². The Bertz CT molecular complexity index is 1380.